The Balaban J connectivity index is 1.56. The van der Waals surface area contributed by atoms with Crippen LogP contribution >= 0.6 is 0 Å². The third-order valence-electron chi connectivity index (χ3n) is 3.74. The van der Waals surface area contributed by atoms with Crippen molar-refractivity contribution in [1.29, 1.82) is 0 Å². The lowest BCUT2D eigenvalue weighted by atomic mass is 10.2. The van der Waals surface area contributed by atoms with E-state index in [1.54, 1.807) is 7.11 Å². The lowest BCUT2D eigenvalue weighted by Gasteiger charge is -2.13. The molecule has 6 nitrogen and oxygen atoms in total. The Bertz CT molecular complexity index is 756. The molecule has 2 heterocycles. The van der Waals surface area contributed by atoms with E-state index in [4.69, 9.17) is 9.15 Å². The highest BCUT2D eigenvalue weighted by molar-refractivity contribution is 5.53. The van der Waals surface area contributed by atoms with Crippen LogP contribution in [0.25, 0.3) is 11.5 Å². The maximum Gasteiger partial charge on any atom is 0.247 e. The fourth-order valence-electron chi connectivity index (χ4n) is 2.35. The van der Waals surface area contributed by atoms with E-state index in [0.717, 1.165) is 24.3 Å². The molecule has 0 unspecified atom stereocenters. The van der Waals surface area contributed by atoms with Gasteiger partial charge in [0, 0.05) is 24.5 Å². The average molecular weight is 324 g/mol. The third kappa shape index (κ3) is 4.17. The Morgan fingerprint density at radius 1 is 1.04 bits per heavy atom. The van der Waals surface area contributed by atoms with Gasteiger partial charge in [0.2, 0.25) is 11.8 Å². The van der Waals surface area contributed by atoms with Gasteiger partial charge in [-0.15, -0.1) is 10.2 Å². The van der Waals surface area contributed by atoms with Crippen molar-refractivity contribution in [2.75, 3.05) is 20.7 Å². The molecule has 6 heteroatoms. The van der Waals surface area contributed by atoms with Gasteiger partial charge in [0.1, 0.15) is 5.75 Å². The summed E-state index contributed by atoms with van der Waals surface area (Å²) in [4.78, 5) is 6.19. The minimum absolute atomic E-state index is 0.523. The molecule has 0 amide bonds. The van der Waals surface area contributed by atoms with Gasteiger partial charge in [-0.2, -0.15) is 0 Å². The van der Waals surface area contributed by atoms with Crippen LogP contribution in [0, 0.1) is 0 Å². The summed E-state index contributed by atoms with van der Waals surface area (Å²) in [6.07, 6.45) is 4.58. The van der Waals surface area contributed by atoms with E-state index in [1.807, 2.05) is 55.8 Å². The summed E-state index contributed by atoms with van der Waals surface area (Å²) in [5.74, 6) is 1.93. The predicted molar refractivity (Wildman–Crippen MR) is 90.6 cm³/mol. The fourth-order valence-corrected chi connectivity index (χ4v) is 2.35. The van der Waals surface area contributed by atoms with Crippen molar-refractivity contribution >= 4 is 0 Å². The Morgan fingerprint density at radius 2 is 1.79 bits per heavy atom. The molecule has 0 bridgehead atoms. The Hall–Kier alpha value is -2.73. The Kier molecular flexibility index (Phi) is 5.18. The van der Waals surface area contributed by atoms with E-state index in [9.17, 15) is 0 Å². The smallest absolute Gasteiger partial charge is 0.247 e. The first-order valence-electron chi connectivity index (χ1n) is 7.79. The monoisotopic (exact) mass is 324 g/mol. The van der Waals surface area contributed by atoms with Crippen molar-refractivity contribution in [3.63, 3.8) is 0 Å². The molecule has 124 valence electrons. The topological polar surface area (TPSA) is 64.3 Å². The first-order valence-corrected chi connectivity index (χ1v) is 7.79. The van der Waals surface area contributed by atoms with Crippen LogP contribution in [0.5, 0.6) is 5.75 Å². The molecular weight excluding hydrogens is 304 g/mol. The van der Waals surface area contributed by atoms with Gasteiger partial charge >= 0.3 is 0 Å². The molecule has 0 aliphatic carbocycles. The van der Waals surface area contributed by atoms with E-state index in [0.29, 0.717) is 18.3 Å². The number of nitrogens with zero attached hydrogens (tertiary/aromatic N) is 4. The lowest BCUT2D eigenvalue weighted by molar-refractivity contribution is 0.293. The van der Waals surface area contributed by atoms with E-state index in [-0.39, 0.29) is 0 Å². The summed E-state index contributed by atoms with van der Waals surface area (Å²) < 4.78 is 10.9. The number of pyridine rings is 1. The second-order valence-corrected chi connectivity index (χ2v) is 5.57. The fraction of sp³-hybridized carbons (Fsp3) is 0.278. The van der Waals surface area contributed by atoms with E-state index in [2.05, 4.69) is 20.1 Å². The normalized spacial score (nSPS) is 11.0. The molecule has 2 aromatic heterocycles. The number of rotatable bonds is 7. The van der Waals surface area contributed by atoms with Crippen LogP contribution < -0.4 is 4.74 Å². The predicted octanol–water partition coefficient (Wildman–Crippen LogP) is 2.81. The Morgan fingerprint density at radius 3 is 2.50 bits per heavy atom. The molecule has 3 rings (SSSR count). The number of benzene rings is 1. The molecule has 0 aliphatic heterocycles. The van der Waals surface area contributed by atoms with Gasteiger partial charge in [0.05, 0.1) is 13.7 Å². The van der Waals surface area contributed by atoms with Crippen LogP contribution in [0.1, 0.15) is 11.5 Å². The quantitative estimate of drug-likeness (QED) is 0.666. The highest BCUT2D eigenvalue weighted by Crippen LogP contribution is 2.21. The van der Waals surface area contributed by atoms with E-state index < -0.39 is 0 Å². The van der Waals surface area contributed by atoms with Crippen LogP contribution in [0.2, 0.25) is 0 Å². The van der Waals surface area contributed by atoms with E-state index in [1.165, 1.54) is 5.56 Å². The van der Waals surface area contributed by atoms with Crippen LogP contribution in [0.3, 0.4) is 0 Å². The number of likely N-dealkylation sites (N-methyl/N-ethyl adjacent to an activating group) is 1. The minimum atomic E-state index is 0.523. The molecule has 0 fully saturated rings. The zero-order chi connectivity index (χ0) is 16.8. The standard InChI is InChI=1S/C18H20N4O2/c1-22(12-9-14-7-10-19-11-8-14)13-17-20-21-18(24-17)15-3-5-16(23-2)6-4-15/h3-8,10-11H,9,12-13H2,1-2H3. The van der Waals surface area contributed by atoms with Gasteiger partial charge in [0.15, 0.2) is 0 Å². The maximum absolute atomic E-state index is 5.75. The molecule has 24 heavy (non-hydrogen) atoms. The van der Waals surface area contributed by atoms with Crippen molar-refractivity contribution in [3.8, 4) is 17.2 Å². The van der Waals surface area contributed by atoms with Crippen LogP contribution in [-0.4, -0.2) is 40.8 Å². The lowest BCUT2D eigenvalue weighted by Crippen LogP contribution is -2.20. The van der Waals surface area contributed by atoms with Gasteiger partial charge in [-0.3, -0.25) is 9.88 Å². The van der Waals surface area contributed by atoms with Gasteiger partial charge in [0.25, 0.3) is 0 Å². The van der Waals surface area contributed by atoms with Crippen LogP contribution in [0.4, 0.5) is 0 Å². The minimum Gasteiger partial charge on any atom is -0.497 e. The molecule has 0 saturated heterocycles. The number of hydrogen-bond acceptors (Lipinski definition) is 6. The van der Waals surface area contributed by atoms with Gasteiger partial charge in [-0.05, 0) is 55.4 Å². The van der Waals surface area contributed by atoms with Crippen LogP contribution in [-0.2, 0) is 13.0 Å². The molecule has 0 spiro atoms. The number of ether oxygens (including phenoxy) is 1. The summed E-state index contributed by atoms with van der Waals surface area (Å²) in [7, 11) is 3.68. The van der Waals surface area contributed by atoms with Gasteiger partial charge in [-0.25, -0.2) is 0 Å². The maximum atomic E-state index is 5.75. The number of aromatic nitrogens is 3. The zero-order valence-electron chi connectivity index (χ0n) is 13.8. The Labute approximate surface area is 141 Å². The van der Waals surface area contributed by atoms with Gasteiger partial charge in [-0.1, -0.05) is 0 Å². The van der Waals surface area contributed by atoms with Crippen molar-refractivity contribution in [2.24, 2.45) is 0 Å². The largest absolute Gasteiger partial charge is 0.497 e. The first kappa shape index (κ1) is 16.1. The molecular formula is C18H20N4O2. The molecule has 0 saturated carbocycles. The highest BCUT2D eigenvalue weighted by atomic mass is 16.5. The summed E-state index contributed by atoms with van der Waals surface area (Å²) in [6, 6.07) is 11.6. The molecule has 1 aromatic carbocycles. The summed E-state index contributed by atoms with van der Waals surface area (Å²) in [5.41, 5.74) is 2.15. The highest BCUT2D eigenvalue weighted by Gasteiger charge is 2.11. The number of methoxy groups -OCH3 is 1. The second-order valence-electron chi connectivity index (χ2n) is 5.57. The van der Waals surface area contributed by atoms with Crippen molar-refractivity contribution < 1.29 is 9.15 Å². The summed E-state index contributed by atoms with van der Waals surface area (Å²) in [6.45, 7) is 1.53. The molecule has 0 radical (unpaired) electrons. The average Bonchev–Trinajstić information content (AvgIpc) is 3.09. The molecule has 0 aliphatic rings. The first-order chi connectivity index (χ1) is 11.7. The molecule has 0 atom stereocenters. The second kappa shape index (κ2) is 7.70. The van der Waals surface area contributed by atoms with Crippen molar-refractivity contribution in [2.45, 2.75) is 13.0 Å². The van der Waals surface area contributed by atoms with Gasteiger partial charge < -0.3 is 9.15 Å². The molecule has 3 aromatic rings. The zero-order valence-corrected chi connectivity index (χ0v) is 13.8. The number of hydrogen-bond donors (Lipinski definition) is 0. The summed E-state index contributed by atoms with van der Waals surface area (Å²) >= 11 is 0. The summed E-state index contributed by atoms with van der Waals surface area (Å²) in [5, 5.41) is 8.25. The third-order valence-corrected chi connectivity index (χ3v) is 3.74. The van der Waals surface area contributed by atoms with Crippen molar-refractivity contribution in [3.05, 3.63) is 60.2 Å². The van der Waals surface area contributed by atoms with Crippen LogP contribution in [0.15, 0.2) is 53.2 Å². The van der Waals surface area contributed by atoms with E-state index >= 15 is 0 Å². The SMILES string of the molecule is COc1ccc(-c2nnc(CN(C)CCc3ccncc3)o2)cc1. The molecule has 0 N–H and O–H groups in total. The van der Waals surface area contributed by atoms with Crippen molar-refractivity contribution in [1.82, 2.24) is 20.1 Å².